The fraction of sp³-hybridized carbons (Fsp3) is 0.667. The van der Waals surface area contributed by atoms with Gasteiger partial charge in [-0.2, -0.15) is 0 Å². The van der Waals surface area contributed by atoms with Gasteiger partial charge in [0.15, 0.2) is 0 Å². The lowest BCUT2D eigenvalue weighted by Crippen LogP contribution is -2.14. The summed E-state index contributed by atoms with van der Waals surface area (Å²) in [7, 11) is 4.23. The molecule has 0 aliphatic rings. The molecule has 1 aromatic rings. The number of nitrogens with zero attached hydrogens (tertiary/aromatic N) is 2. The monoisotopic (exact) mass is 209 g/mol. The maximum atomic E-state index is 3.33. The van der Waals surface area contributed by atoms with Crippen LogP contribution in [0.5, 0.6) is 0 Å². The smallest absolute Gasteiger partial charge is 0.0231 e. The van der Waals surface area contributed by atoms with Crippen LogP contribution in [0.1, 0.15) is 18.9 Å². The first-order valence-corrected chi connectivity index (χ1v) is 5.72. The van der Waals surface area contributed by atoms with Gasteiger partial charge in [-0.25, -0.2) is 0 Å². The van der Waals surface area contributed by atoms with Crippen molar-refractivity contribution >= 4 is 0 Å². The highest BCUT2D eigenvalue weighted by Crippen LogP contribution is 2.02. The summed E-state index contributed by atoms with van der Waals surface area (Å²) < 4.78 is 2.27. The zero-order valence-electron chi connectivity index (χ0n) is 10.2. The van der Waals surface area contributed by atoms with Gasteiger partial charge in [-0.1, -0.05) is 6.92 Å². The molecule has 1 aromatic heterocycles. The minimum atomic E-state index is 0.983. The van der Waals surface area contributed by atoms with E-state index in [1.165, 1.54) is 12.0 Å². The number of aryl methyl sites for hydroxylation is 1. The van der Waals surface area contributed by atoms with Crippen LogP contribution in [0.3, 0.4) is 0 Å². The molecule has 0 fully saturated rings. The molecule has 1 N–H and O–H groups in total. The lowest BCUT2D eigenvalue weighted by atomic mass is 10.3. The molecule has 0 aromatic carbocycles. The van der Waals surface area contributed by atoms with Gasteiger partial charge in [0, 0.05) is 25.5 Å². The second kappa shape index (κ2) is 6.64. The zero-order chi connectivity index (χ0) is 11.1. The highest BCUT2D eigenvalue weighted by molar-refractivity contribution is 5.09. The molecule has 1 heterocycles. The van der Waals surface area contributed by atoms with Crippen LogP contribution in [0.25, 0.3) is 0 Å². The van der Waals surface area contributed by atoms with Gasteiger partial charge in [-0.15, -0.1) is 0 Å². The minimum absolute atomic E-state index is 0.983. The lowest BCUT2D eigenvalue weighted by Gasteiger charge is -2.09. The Balaban J connectivity index is 2.26. The zero-order valence-corrected chi connectivity index (χ0v) is 10.2. The molecule has 1 rings (SSSR count). The summed E-state index contributed by atoms with van der Waals surface area (Å²) >= 11 is 0. The molecule has 3 heteroatoms. The van der Waals surface area contributed by atoms with Crippen LogP contribution in [0.2, 0.25) is 0 Å². The third kappa shape index (κ3) is 5.00. The Morgan fingerprint density at radius 2 is 2.20 bits per heavy atom. The number of hydrogen-bond acceptors (Lipinski definition) is 2. The third-order valence-corrected chi connectivity index (χ3v) is 2.41. The summed E-state index contributed by atoms with van der Waals surface area (Å²) in [5.74, 6) is 0. The van der Waals surface area contributed by atoms with Crippen molar-refractivity contribution in [2.45, 2.75) is 26.4 Å². The molecule has 0 saturated carbocycles. The summed E-state index contributed by atoms with van der Waals surface area (Å²) in [6, 6.07) is 2.19. The lowest BCUT2D eigenvalue weighted by molar-refractivity contribution is 0.386. The summed E-state index contributed by atoms with van der Waals surface area (Å²) in [6.45, 7) is 6.42. The van der Waals surface area contributed by atoms with E-state index in [1.54, 1.807) is 0 Å². The molecule has 0 spiro atoms. The Kier molecular flexibility index (Phi) is 5.43. The van der Waals surface area contributed by atoms with Crippen LogP contribution < -0.4 is 5.32 Å². The first-order chi connectivity index (χ1) is 7.22. The highest BCUT2D eigenvalue weighted by atomic mass is 15.1. The van der Waals surface area contributed by atoms with Crippen LogP contribution in [0, 0.1) is 0 Å². The predicted molar refractivity (Wildman–Crippen MR) is 65.0 cm³/mol. The van der Waals surface area contributed by atoms with Crippen molar-refractivity contribution in [2.75, 3.05) is 27.2 Å². The molecule has 3 nitrogen and oxygen atoms in total. The van der Waals surface area contributed by atoms with Crippen molar-refractivity contribution in [3.8, 4) is 0 Å². The first kappa shape index (κ1) is 12.3. The van der Waals surface area contributed by atoms with E-state index in [4.69, 9.17) is 0 Å². The summed E-state index contributed by atoms with van der Waals surface area (Å²) in [6.07, 6.45) is 5.61. The van der Waals surface area contributed by atoms with Crippen molar-refractivity contribution in [3.63, 3.8) is 0 Å². The number of nitrogens with one attached hydrogen (secondary N) is 1. The average molecular weight is 209 g/mol. The Hall–Kier alpha value is -0.800. The topological polar surface area (TPSA) is 20.2 Å². The van der Waals surface area contributed by atoms with Gasteiger partial charge in [0.1, 0.15) is 0 Å². The highest BCUT2D eigenvalue weighted by Gasteiger charge is 1.96. The first-order valence-electron chi connectivity index (χ1n) is 5.72. The molecule has 0 saturated heterocycles. The molecular formula is C12H23N3. The van der Waals surface area contributed by atoms with Gasteiger partial charge < -0.3 is 14.8 Å². The normalized spacial score (nSPS) is 11.2. The van der Waals surface area contributed by atoms with Gasteiger partial charge in [0.25, 0.3) is 0 Å². The van der Waals surface area contributed by atoms with Crippen LogP contribution in [0.4, 0.5) is 0 Å². The minimum Gasteiger partial charge on any atom is -0.354 e. The second-order valence-electron chi connectivity index (χ2n) is 4.19. The predicted octanol–water partition coefficient (Wildman–Crippen LogP) is 1.55. The maximum absolute atomic E-state index is 3.33. The molecule has 86 valence electrons. The fourth-order valence-electron chi connectivity index (χ4n) is 1.57. The van der Waals surface area contributed by atoms with Gasteiger partial charge in [-0.05, 0) is 45.2 Å². The van der Waals surface area contributed by atoms with E-state index in [1.807, 2.05) is 0 Å². The van der Waals surface area contributed by atoms with E-state index in [9.17, 15) is 0 Å². The van der Waals surface area contributed by atoms with E-state index >= 15 is 0 Å². The van der Waals surface area contributed by atoms with Crippen LogP contribution in [0.15, 0.2) is 18.5 Å². The fourth-order valence-corrected chi connectivity index (χ4v) is 1.57. The Morgan fingerprint density at radius 3 is 2.87 bits per heavy atom. The second-order valence-corrected chi connectivity index (χ2v) is 4.19. The Bertz CT molecular complexity index is 266. The quantitative estimate of drug-likeness (QED) is 0.735. The summed E-state index contributed by atoms with van der Waals surface area (Å²) in [5.41, 5.74) is 1.38. The molecule has 0 atom stereocenters. The van der Waals surface area contributed by atoms with Crippen molar-refractivity contribution in [2.24, 2.45) is 0 Å². The Labute approximate surface area is 93.1 Å². The van der Waals surface area contributed by atoms with Crippen LogP contribution in [-0.4, -0.2) is 36.7 Å². The van der Waals surface area contributed by atoms with Gasteiger partial charge in [0.05, 0.1) is 0 Å². The third-order valence-electron chi connectivity index (χ3n) is 2.41. The van der Waals surface area contributed by atoms with Crippen LogP contribution in [-0.2, 0) is 13.1 Å². The molecule has 0 aliphatic carbocycles. The van der Waals surface area contributed by atoms with Crippen molar-refractivity contribution < 1.29 is 0 Å². The molecule has 0 amide bonds. The molecule has 0 bridgehead atoms. The number of rotatable bonds is 7. The largest absolute Gasteiger partial charge is 0.354 e. The van der Waals surface area contributed by atoms with Crippen LogP contribution >= 0.6 is 0 Å². The van der Waals surface area contributed by atoms with E-state index in [0.29, 0.717) is 0 Å². The van der Waals surface area contributed by atoms with Crippen molar-refractivity contribution in [3.05, 3.63) is 24.0 Å². The van der Waals surface area contributed by atoms with Gasteiger partial charge in [0.2, 0.25) is 0 Å². The molecule has 0 unspecified atom stereocenters. The van der Waals surface area contributed by atoms with E-state index in [2.05, 4.69) is 54.3 Å². The van der Waals surface area contributed by atoms with Gasteiger partial charge in [-0.3, -0.25) is 0 Å². The van der Waals surface area contributed by atoms with E-state index in [-0.39, 0.29) is 0 Å². The van der Waals surface area contributed by atoms with E-state index < -0.39 is 0 Å². The standard InChI is InChI=1S/C12H23N3/c1-4-13-10-12-6-9-15(11-12)8-5-7-14(2)3/h6,9,11,13H,4-5,7-8,10H2,1-3H3. The number of aromatic nitrogens is 1. The molecule has 0 aliphatic heterocycles. The molecule has 15 heavy (non-hydrogen) atoms. The average Bonchev–Trinajstić information content (AvgIpc) is 2.62. The SMILES string of the molecule is CCNCc1ccn(CCCN(C)C)c1. The summed E-state index contributed by atoms with van der Waals surface area (Å²) in [4.78, 5) is 2.23. The summed E-state index contributed by atoms with van der Waals surface area (Å²) in [5, 5.41) is 3.33. The van der Waals surface area contributed by atoms with E-state index in [0.717, 1.165) is 26.2 Å². The molecule has 0 radical (unpaired) electrons. The van der Waals surface area contributed by atoms with Crippen molar-refractivity contribution in [1.29, 1.82) is 0 Å². The Morgan fingerprint density at radius 1 is 1.40 bits per heavy atom. The van der Waals surface area contributed by atoms with Crippen molar-refractivity contribution in [1.82, 2.24) is 14.8 Å². The maximum Gasteiger partial charge on any atom is 0.0231 e. The molecular weight excluding hydrogens is 186 g/mol. The number of hydrogen-bond donors (Lipinski definition) is 1. The van der Waals surface area contributed by atoms with Gasteiger partial charge >= 0.3 is 0 Å².